The number of anilines is 1. The highest BCUT2D eigenvalue weighted by molar-refractivity contribution is 7.07. The lowest BCUT2D eigenvalue weighted by molar-refractivity contribution is -0.118. The summed E-state index contributed by atoms with van der Waals surface area (Å²) < 4.78 is 13.0. The van der Waals surface area contributed by atoms with Gasteiger partial charge in [-0.3, -0.25) is 9.79 Å². The molecule has 1 aliphatic rings. The van der Waals surface area contributed by atoms with E-state index < -0.39 is 0 Å². The van der Waals surface area contributed by atoms with Gasteiger partial charge in [0.05, 0.1) is 24.2 Å². The number of amides is 1. The number of carbonyl (C=O) groups excluding carboxylic acids is 1. The average molecular weight is 451 g/mol. The fourth-order valence-corrected chi connectivity index (χ4v) is 3.99. The fraction of sp³-hybridized carbons (Fsp3) is 0.292. The van der Waals surface area contributed by atoms with Crippen molar-refractivity contribution in [1.29, 1.82) is 0 Å². The lowest BCUT2D eigenvalue weighted by atomic mass is 10.1. The van der Waals surface area contributed by atoms with Crippen LogP contribution < -0.4 is 19.6 Å². The number of carbonyl (C=O) groups is 1. The number of hydrogen-bond donors (Lipinski definition) is 1. The summed E-state index contributed by atoms with van der Waals surface area (Å²) in [5.41, 5.74) is 3.40. The number of aromatic nitrogens is 1. The summed E-state index contributed by atoms with van der Waals surface area (Å²) in [5.74, 6) is 1.98. The normalized spacial score (nSPS) is 13.9. The van der Waals surface area contributed by atoms with Gasteiger partial charge in [-0.05, 0) is 60.4 Å². The van der Waals surface area contributed by atoms with Gasteiger partial charge < -0.3 is 14.8 Å². The van der Waals surface area contributed by atoms with Crippen LogP contribution in [0.2, 0.25) is 0 Å². The van der Waals surface area contributed by atoms with E-state index >= 15 is 0 Å². The molecule has 32 heavy (non-hydrogen) atoms. The first-order valence-electron chi connectivity index (χ1n) is 10.5. The quantitative estimate of drug-likeness (QED) is 0.543. The van der Waals surface area contributed by atoms with E-state index in [1.54, 1.807) is 17.9 Å². The SMILES string of the molecule is CN=c1scc(-c2ccc3c(c2)NC(=O)CO3)n1N=Cc1ccc(OCCC(C)C)cc1. The minimum absolute atomic E-state index is 0.0372. The Labute approximate surface area is 191 Å². The Hall–Kier alpha value is -3.39. The second-order valence-corrected chi connectivity index (χ2v) is 8.67. The summed E-state index contributed by atoms with van der Waals surface area (Å²) in [7, 11) is 1.74. The molecule has 2 heterocycles. The van der Waals surface area contributed by atoms with E-state index in [2.05, 4.69) is 29.3 Å². The van der Waals surface area contributed by atoms with E-state index in [4.69, 9.17) is 9.47 Å². The van der Waals surface area contributed by atoms with Crippen LogP contribution in [0.15, 0.2) is 57.9 Å². The van der Waals surface area contributed by atoms with Crippen molar-refractivity contribution < 1.29 is 14.3 Å². The Morgan fingerprint density at radius 3 is 2.81 bits per heavy atom. The van der Waals surface area contributed by atoms with E-state index in [0.717, 1.165) is 33.8 Å². The molecule has 0 fully saturated rings. The van der Waals surface area contributed by atoms with Crippen molar-refractivity contribution >= 4 is 29.1 Å². The van der Waals surface area contributed by atoms with Gasteiger partial charge in [0, 0.05) is 18.0 Å². The van der Waals surface area contributed by atoms with Crippen LogP contribution in [0.25, 0.3) is 11.3 Å². The Morgan fingerprint density at radius 1 is 1.25 bits per heavy atom. The predicted octanol–water partition coefficient (Wildman–Crippen LogP) is 4.39. The molecule has 0 bridgehead atoms. The Balaban J connectivity index is 1.56. The molecule has 0 atom stereocenters. The number of nitrogens with one attached hydrogen (secondary N) is 1. The van der Waals surface area contributed by atoms with Crippen molar-refractivity contribution in [2.24, 2.45) is 16.0 Å². The Kier molecular flexibility index (Phi) is 6.70. The molecule has 2 aromatic carbocycles. The molecule has 4 rings (SSSR count). The number of benzene rings is 2. The topological polar surface area (TPSA) is 77.2 Å². The predicted molar refractivity (Wildman–Crippen MR) is 128 cm³/mol. The number of thiazole rings is 1. The highest BCUT2D eigenvalue weighted by Gasteiger charge is 2.17. The number of ether oxygens (including phenoxy) is 2. The van der Waals surface area contributed by atoms with E-state index in [0.29, 0.717) is 24.0 Å². The van der Waals surface area contributed by atoms with Crippen LogP contribution in [0.3, 0.4) is 0 Å². The monoisotopic (exact) mass is 450 g/mol. The highest BCUT2D eigenvalue weighted by Crippen LogP contribution is 2.32. The zero-order valence-corrected chi connectivity index (χ0v) is 19.2. The Bertz CT molecular complexity index is 1190. The molecule has 3 aromatic rings. The molecule has 0 spiro atoms. The molecule has 1 aliphatic heterocycles. The van der Waals surface area contributed by atoms with Crippen LogP contribution in [-0.2, 0) is 4.79 Å². The van der Waals surface area contributed by atoms with Crippen molar-refractivity contribution in [3.05, 3.63) is 58.2 Å². The molecular weight excluding hydrogens is 424 g/mol. The standard InChI is InChI=1S/C24H26N4O3S/c1-16(2)10-11-30-19-7-4-17(5-8-19)13-26-28-21(15-32-24(28)25-3)18-6-9-22-20(12-18)27-23(29)14-31-22/h4-9,12-13,15-16H,10-11,14H2,1-3H3,(H,27,29). The molecule has 1 aromatic heterocycles. The zero-order chi connectivity index (χ0) is 22.5. The number of fused-ring (bicyclic) bond motifs is 1. The maximum atomic E-state index is 11.7. The first-order valence-corrected chi connectivity index (χ1v) is 11.4. The summed E-state index contributed by atoms with van der Waals surface area (Å²) >= 11 is 1.50. The lowest BCUT2D eigenvalue weighted by Gasteiger charge is -2.18. The summed E-state index contributed by atoms with van der Waals surface area (Å²) in [6, 6.07) is 13.6. The van der Waals surface area contributed by atoms with Gasteiger partial charge in [-0.1, -0.05) is 13.8 Å². The van der Waals surface area contributed by atoms with Gasteiger partial charge >= 0.3 is 0 Å². The molecule has 1 amide bonds. The van der Waals surface area contributed by atoms with Crippen molar-refractivity contribution in [3.8, 4) is 22.8 Å². The molecule has 0 saturated carbocycles. The van der Waals surface area contributed by atoms with Gasteiger partial charge in [-0.15, -0.1) is 11.3 Å². The summed E-state index contributed by atoms with van der Waals surface area (Å²) in [6.45, 7) is 5.12. The average Bonchev–Trinajstić information content (AvgIpc) is 3.20. The smallest absolute Gasteiger partial charge is 0.262 e. The third-order valence-electron chi connectivity index (χ3n) is 4.95. The summed E-state index contributed by atoms with van der Waals surface area (Å²) in [4.78, 5) is 16.8. The maximum absolute atomic E-state index is 11.7. The van der Waals surface area contributed by atoms with Crippen LogP contribution in [-0.4, -0.2) is 37.1 Å². The number of nitrogens with zero attached hydrogens (tertiary/aromatic N) is 3. The molecule has 0 aliphatic carbocycles. The highest BCUT2D eigenvalue weighted by atomic mass is 32.1. The van der Waals surface area contributed by atoms with E-state index in [1.807, 2.05) is 47.8 Å². The molecule has 166 valence electrons. The summed E-state index contributed by atoms with van der Waals surface area (Å²) in [5, 5.41) is 9.52. The molecule has 0 radical (unpaired) electrons. The molecule has 0 unspecified atom stereocenters. The van der Waals surface area contributed by atoms with Crippen LogP contribution >= 0.6 is 11.3 Å². The van der Waals surface area contributed by atoms with Gasteiger partial charge in [0.1, 0.15) is 11.5 Å². The van der Waals surface area contributed by atoms with Crippen molar-refractivity contribution in [2.45, 2.75) is 20.3 Å². The van der Waals surface area contributed by atoms with Crippen LogP contribution in [0.1, 0.15) is 25.8 Å². The van der Waals surface area contributed by atoms with Gasteiger partial charge in [-0.25, -0.2) is 4.68 Å². The second-order valence-electron chi connectivity index (χ2n) is 7.83. The molecule has 7 nitrogen and oxygen atoms in total. The minimum Gasteiger partial charge on any atom is -0.494 e. The third-order valence-corrected chi connectivity index (χ3v) is 5.86. The fourth-order valence-electron chi connectivity index (χ4n) is 3.19. The van der Waals surface area contributed by atoms with E-state index in [9.17, 15) is 4.79 Å². The van der Waals surface area contributed by atoms with Crippen molar-refractivity contribution in [2.75, 3.05) is 25.6 Å². The summed E-state index contributed by atoms with van der Waals surface area (Å²) in [6.07, 6.45) is 2.83. The van der Waals surface area contributed by atoms with Gasteiger partial charge in [0.15, 0.2) is 6.61 Å². The number of rotatable bonds is 7. The lowest BCUT2D eigenvalue weighted by Crippen LogP contribution is -2.25. The largest absolute Gasteiger partial charge is 0.494 e. The zero-order valence-electron chi connectivity index (χ0n) is 18.4. The Morgan fingerprint density at radius 2 is 2.06 bits per heavy atom. The molecule has 1 N–H and O–H groups in total. The first-order chi connectivity index (χ1) is 15.5. The maximum Gasteiger partial charge on any atom is 0.262 e. The minimum atomic E-state index is -0.160. The van der Waals surface area contributed by atoms with Gasteiger partial charge in [-0.2, -0.15) is 5.10 Å². The van der Waals surface area contributed by atoms with Crippen LogP contribution in [0.4, 0.5) is 5.69 Å². The van der Waals surface area contributed by atoms with Crippen molar-refractivity contribution in [1.82, 2.24) is 4.68 Å². The molecule has 0 saturated heterocycles. The van der Waals surface area contributed by atoms with Gasteiger partial charge in [0.2, 0.25) is 4.80 Å². The van der Waals surface area contributed by atoms with E-state index in [1.165, 1.54) is 11.3 Å². The van der Waals surface area contributed by atoms with Crippen LogP contribution in [0.5, 0.6) is 11.5 Å². The first kappa shape index (κ1) is 21.8. The van der Waals surface area contributed by atoms with Gasteiger partial charge in [0.25, 0.3) is 5.91 Å². The third kappa shape index (κ3) is 5.08. The molecule has 8 heteroatoms. The number of hydrogen-bond acceptors (Lipinski definition) is 6. The molecular formula is C24H26N4O3S. The van der Waals surface area contributed by atoms with E-state index in [-0.39, 0.29) is 12.5 Å². The van der Waals surface area contributed by atoms with Crippen molar-refractivity contribution in [3.63, 3.8) is 0 Å². The van der Waals surface area contributed by atoms with Crippen LogP contribution in [0, 0.1) is 5.92 Å². The second kappa shape index (κ2) is 9.82.